The molecule has 0 fully saturated rings. The van der Waals surface area contributed by atoms with Crippen molar-refractivity contribution in [2.45, 2.75) is 22.0 Å². The molecular formula is C24H19Cl2N3O3S3. The Morgan fingerprint density at radius 3 is 2.40 bits per heavy atom. The molecular weight excluding hydrogens is 545 g/mol. The van der Waals surface area contributed by atoms with Gasteiger partial charge in [-0.05, 0) is 55.5 Å². The first-order valence-corrected chi connectivity index (χ1v) is 14.3. The van der Waals surface area contributed by atoms with Crippen LogP contribution in [0.4, 0.5) is 10.8 Å². The van der Waals surface area contributed by atoms with Gasteiger partial charge in [-0.3, -0.25) is 9.52 Å². The van der Waals surface area contributed by atoms with Crippen molar-refractivity contribution in [3.63, 3.8) is 0 Å². The van der Waals surface area contributed by atoms with Gasteiger partial charge in [-0.2, -0.15) is 0 Å². The van der Waals surface area contributed by atoms with Crippen LogP contribution in [0.5, 0.6) is 0 Å². The van der Waals surface area contributed by atoms with Crippen molar-refractivity contribution in [3.05, 3.63) is 88.2 Å². The van der Waals surface area contributed by atoms with E-state index in [1.807, 2.05) is 11.4 Å². The number of sulfonamides is 1. The number of halogens is 2. The summed E-state index contributed by atoms with van der Waals surface area (Å²) < 4.78 is 27.5. The highest BCUT2D eigenvalue weighted by Gasteiger charge is 2.18. The van der Waals surface area contributed by atoms with Gasteiger partial charge in [0.15, 0.2) is 5.13 Å². The molecule has 2 N–H and O–H groups in total. The minimum absolute atomic E-state index is 0.188. The Labute approximate surface area is 221 Å². The zero-order chi connectivity index (χ0) is 25.0. The van der Waals surface area contributed by atoms with Crippen LogP contribution in [0.25, 0.3) is 11.3 Å². The molecule has 6 nitrogen and oxygen atoms in total. The molecule has 0 saturated carbocycles. The van der Waals surface area contributed by atoms with E-state index < -0.39 is 15.3 Å². The predicted octanol–water partition coefficient (Wildman–Crippen LogP) is 7.04. The van der Waals surface area contributed by atoms with Gasteiger partial charge in [0, 0.05) is 21.5 Å². The monoisotopic (exact) mass is 563 g/mol. The summed E-state index contributed by atoms with van der Waals surface area (Å²) in [4.78, 5) is 18.2. The Morgan fingerprint density at radius 2 is 1.71 bits per heavy atom. The van der Waals surface area contributed by atoms with Crippen LogP contribution >= 0.6 is 46.3 Å². The summed E-state index contributed by atoms with van der Waals surface area (Å²) in [6.45, 7) is 1.79. The lowest BCUT2D eigenvalue weighted by Gasteiger charge is -2.12. The maximum atomic E-state index is 12.7. The van der Waals surface area contributed by atoms with Gasteiger partial charge in [0.1, 0.15) is 0 Å². The number of aromatic nitrogens is 1. The molecule has 4 rings (SSSR count). The third kappa shape index (κ3) is 6.56. The van der Waals surface area contributed by atoms with Crippen molar-refractivity contribution in [3.8, 4) is 11.3 Å². The van der Waals surface area contributed by atoms with E-state index in [0.29, 0.717) is 26.6 Å². The summed E-state index contributed by atoms with van der Waals surface area (Å²) in [5, 5.41) is 5.65. The fourth-order valence-electron chi connectivity index (χ4n) is 3.00. The number of anilines is 2. The van der Waals surface area contributed by atoms with Gasteiger partial charge >= 0.3 is 0 Å². The second kappa shape index (κ2) is 11.0. The Kier molecular flexibility index (Phi) is 8.03. The topological polar surface area (TPSA) is 88.2 Å². The van der Waals surface area contributed by atoms with E-state index in [2.05, 4.69) is 15.0 Å². The van der Waals surface area contributed by atoms with Crippen LogP contribution in [-0.4, -0.2) is 24.6 Å². The van der Waals surface area contributed by atoms with Gasteiger partial charge in [-0.1, -0.05) is 47.5 Å². The van der Waals surface area contributed by atoms with E-state index in [9.17, 15) is 13.2 Å². The molecule has 0 aliphatic heterocycles. The predicted molar refractivity (Wildman–Crippen MR) is 145 cm³/mol. The molecule has 0 spiro atoms. The Hall–Kier alpha value is -2.56. The first kappa shape index (κ1) is 25.5. The first-order chi connectivity index (χ1) is 16.7. The highest BCUT2D eigenvalue weighted by molar-refractivity contribution is 8.00. The number of nitrogens with zero attached hydrogens (tertiary/aromatic N) is 1. The molecule has 0 aliphatic carbocycles. The Bertz CT molecular complexity index is 1440. The van der Waals surface area contributed by atoms with Gasteiger partial charge in [-0.15, -0.1) is 23.1 Å². The number of thiazole rings is 1. The molecule has 3 aromatic carbocycles. The van der Waals surface area contributed by atoms with Crippen molar-refractivity contribution in [2.24, 2.45) is 0 Å². The minimum atomic E-state index is -3.66. The van der Waals surface area contributed by atoms with E-state index in [0.717, 1.165) is 10.5 Å². The largest absolute Gasteiger partial charge is 0.301 e. The molecule has 1 amide bonds. The number of carbonyl (C=O) groups excluding carboxylic acids is 1. The number of carbonyl (C=O) groups is 1. The van der Waals surface area contributed by atoms with Crippen molar-refractivity contribution >= 4 is 73.0 Å². The van der Waals surface area contributed by atoms with Crippen LogP contribution in [-0.2, 0) is 14.8 Å². The van der Waals surface area contributed by atoms with E-state index in [1.165, 1.54) is 35.2 Å². The SMILES string of the molecule is CC(Sc1ccc(NS(=O)(=O)c2ccccc2)cc1)C(=O)Nc1nc(-c2ccc(Cl)c(Cl)c2)cs1. The first-order valence-electron chi connectivity index (χ1n) is 10.3. The van der Waals surface area contributed by atoms with Crippen LogP contribution in [0.2, 0.25) is 10.0 Å². The third-order valence-electron chi connectivity index (χ3n) is 4.79. The highest BCUT2D eigenvalue weighted by Crippen LogP contribution is 2.31. The zero-order valence-corrected chi connectivity index (χ0v) is 22.2. The van der Waals surface area contributed by atoms with Crippen molar-refractivity contribution in [2.75, 3.05) is 10.0 Å². The second-order valence-electron chi connectivity index (χ2n) is 7.36. The maximum absolute atomic E-state index is 12.7. The van der Waals surface area contributed by atoms with E-state index in [1.54, 1.807) is 61.5 Å². The highest BCUT2D eigenvalue weighted by atomic mass is 35.5. The second-order valence-corrected chi connectivity index (χ2v) is 12.1. The fraction of sp³-hybridized carbons (Fsp3) is 0.0833. The van der Waals surface area contributed by atoms with Crippen LogP contribution in [0.1, 0.15) is 6.92 Å². The van der Waals surface area contributed by atoms with Crippen molar-refractivity contribution in [1.82, 2.24) is 4.98 Å². The molecule has 0 saturated heterocycles. The van der Waals surface area contributed by atoms with Crippen LogP contribution in [0.3, 0.4) is 0 Å². The lowest BCUT2D eigenvalue weighted by atomic mass is 10.2. The van der Waals surface area contributed by atoms with Crippen LogP contribution in [0, 0.1) is 0 Å². The molecule has 1 unspecified atom stereocenters. The third-order valence-corrected chi connectivity index (χ3v) is 8.80. The van der Waals surface area contributed by atoms with Gasteiger partial charge in [0.25, 0.3) is 10.0 Å². The summed E-state index contributed by atoms with van der Waals surface area (Å²) in [6.07, 6.45) is 0. The molecule has 180 valence electrons. The Balaban J connectivity index is 1.35. The number of hydrogen-bond donors (Lipinski definition) is 2. The summed E-state index contributed by atoms with van der Waals surface area (Å²) >= 11 is 14.7. The van der Waals surface area contributed by atoms with E-state index >= 15 is 0 Å². The minimum Gasteiger partial charge on any atom is -0.301 e. The molecule has 11 heteroatoms. The number of amides is 1. The number of nitrogens with one attached hydrogen (secondary N) is 2. The van der Waals surface area contributed by atoms with Gasteiger partial charge in [0.05, 0.1) is 25.9 Å². The lowest BCUT2D eigenvalue weighted by Crippen LogP contribution is -2.22. The molecule has 0 aliphatic rings. The summed E-state index contributed by atoms with van der Waals surface area (Å²) in [5.74, 6) is -0.195. The summed E-state index contributed by atoms with van der Waals surface area (Å²) in [6, 6.07) is 20.3. The number of hydrogen-bond acceptors (Lipinski definition) is 6. The number of benzene rings is 3. The Morgan fingerprint density at radius 1 is 1.00 bits per heavy atom. The van der Waals surface area contributed by atoms with Crippen molar-refractivity contribution < 1.29 is 13.2 Å². The zero-order valence-electron chi connectivity index (χ0n) is 18.2. The maximum Gasteiger partial charge on any atom is 0.261 e. The normalized spacial score (nSPS) is 12.2. The van der Waals surface area contributed by atoms with E-state index in [4.69, 9.17) is 23.2 Å². The quantitative estimate of drug-likeness (QED) is 0.224. The van der Waals surface area contributed by atoms with E-state index in [-0.39, 0.29) is 10.8 Å². The molecule has 0 radical (unpaired) electrons. The molecule has 1 heterocycles. The average Bonchev–Trinajstić information content (AvgIpc) is 3.31. The standard InChI is InChI=1S/C24H19Cl2N3O3S3/c1-15(23(30)28-24-27-22(14-33-24)16-7-12-20(25)21(26)13-16)34-18-10-8-17(9-11-18)29-35(31,32)19-5-3-2-4-6-19/h2-15,29H,1H3,(H,27,28,30). The molecule has 35 heavy (non-hydrogen) atoms. The van der Waals surface area contributed by atoms with Crippen LogP contribution in [0.15, 0.2) is 88.0 Å². The smallest absolute Gasteiger partial charge is 0.261 e. The van der Waals surface area contributed by atoms with Crippen LogP contribution < -0.4 is 10.0 Å². The summed E-state index contributed by atoms with van der Waals surface area (Å²) in [7, 11) is -3.66. The lowest BCUT2D eigenvalue weighted by molar-refractivity contribution is -0.115. The fourth-order valence-corrected chi connectivity index (χ4v) is 5.97. The van der Waals surface area contributed by atoms with Crippen molar-refractivity contribution in [1.29, 1.82) is 0 Å². The molecule has 4 aromatic rings. The van der Waals surface area contributed by atoms with Gasteiger partial charge in [-0.25, -0.2) is 13.4 Å². The van der Waals surface area contributed by atoms with Gasteiger partial charge < -0.3 is 5.32 Å². The number of thioether (sulfide) groups is 1. The number of rotatable bonds is 8. The van der Waals surface area contributed by atoms with Gasteiger partial charge in [0.2, 0.25) is 5.91 Å². The molecule has 0 bridgehead atoms. The summed E-state index contributed by atoms with van der Waals surface area (Å²) in [5.41, 5.74) is 1.94. The molecule has 1 aromatic heterocycles. The molecule has 1 atom stereocenters. The average molecular weight is 565 g/mol.